The Labute approximate surface area is 83.3 Å². The number of unbranched alkanes of at least 4 members (excludes halogenated alkanes) is 1. The second-order valence-corrected chi connectivity index (χ2v) is 2.87. The summed E-state index contributed by atoms with van der Waals surface area (Å²) in [5.74, 6) is 0.980. The minimum atomic E-state index is 0.845. The third-order valence-electron chi connectivity index (χ3n) is 1.76. The molecule has 1 nitrogen and oxygen atoms in total. The van der Waals surface area contributed by atoms with E-state index in [-0.39, 0.29) is 0 Å². The van der Waals surface area contributed by atoms with Gasteiger partial charge in [0.25, 0.3) is 0 Å². The summed E-state index contributed by atoms with van der Waals surface area (Å²) in [5.41, 5.74) is 0. The van der Waals surface area contributed by atoms with Gasteiger partial charge in [-0.05, 0) is 0 Å². The number of hydrogen-bond acceptors (Lipinski definition) is 1. The zero-order valence-electron chi connectivity index (χ0n) is 7.62. The van der Waals surface area contributed by atoms with Crippen LogP contribution in [-0.2, 0) is 0 Å². The Balaban J connectivity index is 2.16. The Hall–Kier alpha value is -0.383. The molecule has 0 spiro atoms. The van der Waals surface area contributed by atoms with E-state index in [1.54, 1.807) is 0 Å². The Morgan fingerprint density at radius 1 is 1.08 bits per heavy atom. The molecule has 12 heavy (non-hydrogen) atoms. The fourth-order valence-corrected chi connectivity index (χ4v) is 1.06. The van der Waals surface area contributed by atoms with Gasteiger partial charge in [-0.25, -0.2) is 0 Å². The van der Waals surface area contributed by atoms with E-state index in [2.05, 4.69) is 17.7 Å². The van der Waals surface area contributed by atoms with Gasteiger partial charge in [0.1, 0.15) is 0 Å². The SMILES string of the molecule is [Li][CH2]CCCOc1ccccc1. The first kappa shape index (κ1) is 9.70. The molecule has 0 bridgehead atoms. The van der Waals surface area contributed by atoms with Crippen LogP contribution < -0.4 is 4.74 Å². The van der Waals surface area contributed by atoms with Crippen LogP contribution in [0.2, 0.25) is 5.09 Å². The molecular formula is C10H13LiO. The van der Waals surface area contributed by atoms with Crippen LogP contribution in [0.4, 0.5) is 0 Å². The molecule has 1 aromatic rings. The third kappa shape index (κ3) is 3.85. The quantitative estimate of drug-likeness (QED) is 0.470. The van der Waals surface area contributed by atoms with Crippen LogP contribution in [0.5, 0.6) is 5.75 Å². The summed E-state index contributed by atoms with van der Waals surface area (Å²) in [6, 6.07) is 9.97. The van der Waals surface area contributed by atoms with Crippen LogP contribution in [0.15, 0.2) is 30.3 Å². The van der Waals surface area contributed by atoms with E-state index in [4.69, 9.17) is 4.74 Å². The van der Waals surface area contributed by atoms with Gasteiger partial charge in [-0.2, -0.15) is 0 Å². The van der Waals surface area contributed by atoms with E-state index in [1.807, 2.05) is 30.3 Å². The molecule has 0 amide bonds. The molecule has 0 aliphatic heterocycles. The van der Waals surface area contributed by atoms with Gasteiger partial charge < -0.3 is 0 Å². The van der Waals surface area contributed by atoms with Crippen molar-refractivity contribution in [2.24, 2.45) is 0 Å². The number of benzene rings is 1. The van der Waals surface area contributed by atoms with Gasteiger partial charge in [0.15, 0.2) is 0 Å². The fraction of sp³-hybridized carbons (Fsp3) is 0.400. The topological polar surface area (TPSA) is 9.23 Å². The molecule has 1 aromatic carbocycles. The molecule has 60 valence electrons. The van der Waals surface area contributed by atoms with Gasteiger partial charge in [-0.1, -0.05) is 0 Å². The predicted molar refractivity (Wildman–Crippen MR) is 51.7 cm³/mol. The van der Waals surface area contributed by atoms with Gasteiger partial charge in [0, 0.05) is 0 Å². The van der Waals surface area contributed by atoms with Crippen molar-refractivity contribution in [2.45, 2.75) is 17.9 Å². The molecule has 0 fully saturated rings. The number of para-hydroxylation sites is 1. The molecule has 0 saturated carbocycles. The molecule has 0 aliphatic rings. The fourth-order valence-electron chi connectivity index (χ4n) is 1.06. The normalized spacial score (nSPS) is 9.83. The zero-order valence-corrected chi connectivity index (χ0v) is 7.62. The molecule has 0 radical (unpaired) electrons. The average molecular weight is 156 g/mol. The van der Waals surface area contributed by atoms with E-state index in [9.17, 15) is 0 Å². The predicted octanol–water partition coefficient (Wildman–Crippen LogP) is 2.43. The summed E-state index contributed by atoms with van der Waals surface area (Å²) in [7, 11) is 0. The van der Waals surface area contributed by atoms with Crippen molar-refractivity contribution in [1.29, 1.82) is 0 Å². The van der Waals surface area contributed by atoms with Crippen LogP contribution in [0.1, 0.15) is 12.8 Å². The first-order valence-electron chi connectivity index (χ1n) is 4.61. The van der Waals surface area contributed by atoms with Gasteiger partial charge >= 0.3 is 83.1 Å². The van der Waals surface area contributed by atoms with Crippen LogP contribution in [0.25, 0.3) is 0 Å². The summed E-state index contributed by atoms with van der Waals surface area (Å²) in [6.07, 6.45) is 2.41. The summed E-state index contributed by atoms with van der Waals surface area (Å²) in [6.45, 7) is 0.845. The average Bonchev–Trinajstić information content (AvgIpc) is 2.14. The minimum absolute atomic E-state index is 0.845. The van der Waals surface area contributed by atoms with Gasteiger partial charge in [-0.3, -0.25) is 0 Å². The molecule has 0 aromatic heterocycles. The molecule has 1 rings (SSSR count). The second-order valence-electron chi connectivity index (χ2n) is 2.87. The molecule has 0 heterocycles. The number of rotatable bonds is 5. The second kappa shape index (κ2) is 6.17. The molecule has 0 N–H and O–H groups in total. The molecule has 0 aliphatic carbocycles. The third-order valence-corrected chi connectivity index (χ3v) is 1.76. The number of ether oxygens (including phenoxy) is 1. The van der Waals surface area contributed by atoms with Gasteiger partial charge in [0.2, 0.25) is 0 Å². The molecule has 2 heteroatoms. The van der Waals surface area contributed by atoms with Crippen molar-refractivity contribution < 1.29 is 4.74 Å². The van der Waals surface area contributed by atoms with E-state index in [0.29, 0.717) is 0 Å². The summed E-state index contributed by atoms with van der Waals surface area (Å²) in [5, 5.41) is 1.25. The molecule has 0 atom stereocenters. The summed E-state index contributed by atoms with van der Waals surface area (Å²) in [4.78, 5) is 0. The molecular weight excluding hydrogens is 143 g/mol. The Bertz CT molecular complexity index is 198. The van der Waals surface area contributed by atoms with Crippen molar-refractivity contribution >= 4 is 17.7 Å². The maximum atomic E-state index is 5.51. The summed E-state index contributed by atoms with van der Waals surface area (Å²) < 4.78 is 5.51. The van der Waals surface area contributed by atoms with Crippen LogP contribution in [-0.4, -0.2) is 24.3 Å². The maximum absolute atomic E-state index is 5.51. The van der Waals surface area contributed by atoms with Gasteiger partial charge in [-0.15, -0.1) is 0 Å². The van der Waals surface area contributed by atoms with Crippen LogP contribution in [0, 0.1) is 0 Å². The van der Waals surface area contributed by atoms with E-state index < -0.39 is 0 Å². The standard InChI is InChI=1S/C10H13O.Li/c1-2-3-9-11-10-7-5-4-6-8-10;/h4-8H,1-3,9H2;. The zero-order chi connectivity index (χ0) is 8.65. The van der Waals surface area contributed by atoms with Crippen molar-refractivity contribution in [3.8, 4) is 5.75 Å². The van der Waals surface area contributed by atoms with Crippen molar-refractivity contribution in [3.05, 3.63) is 30.3 Å². The van der Waals surface area contributed by atoms with E-state index in [1.165, 1.54) is 11.5 Å². The Kier molecular flexibility index (Phi) is 4.99. The van der Waals surface area contributed by atoms with Crippen molar-refractivity contribution in [1.82, 2.24) is 0 Å². The van der Waals surface area contributed by atoms with Crippen molar-refractivity contribution in [2.75, 3.05) is 6.61 Å². The van der Waals surface area contributed by atoms with E-state index in [0.717, 1.165) is 18.8 Å². The van der Waals surface area contributed by atoms with Crippen LogP contribution >= 0.6 is 0 Å². The van der Waals surface area contributed by atoms with E-state index >= 15 is 0 Å². The first-order chi connectivity index (χ1) is 5.93. The summed E-state index contributed by atoms with van der Waals surface area (Å²) >= 11 is 2.20. The monoisotopic (exact) mass is 156 g/mol. The number of hydrogen-bond donors (Lipinski definition) is 0. The molecule has 0 unspecified atom stereocenters. The van der Waals surface area contributed by atoms with Gasteiger partial charge in [0.05, 0.1) is 0 Å². The Morgan fingerprint density at radius 3 is 2.50 bits per heavy atom. The Morgan fingerprint density at radius 2 is 1.83 bits per heavy atom. The van der Waals surface area contributed by atoms with Crippen molar-refractivity contribution in [3.63, 3.8) is 0 Å². The first-order valence-corrected chi connectivity index (χ1v) is 4.61. The van der Waals surface area contributed by atoms with Crippen LogP contribution in [0.3, 0.4) is 0 Å². The molecule has 0 saturated heterocycles.